The maximum absolute atomic E-state index is 12.4. The molecule has 1 aliphatic rings. The van der Waals surface area contributed by atoms with Gasteiger partial charge in [-0.25, -0.2) is 0 Å². The fraction of sp³-hybridized carbons (Fsp3) is 0.391. The molecule has 2 aromatic rings. The number of piperazine rings is 1. The lowest BCUT2D eigenvalue weighted by molar-refractivity contribution is -0.130. The first-order valence-electron chi connectivity index (χ1n) is 10.1. The SMILES string of the molecule is Cc1ccc(NC(=O)CN2CCN(C(=O)CSCCc3ccccc3)CC2)cc1. The number of nitrogens with one attached hydrogen (secondary N) is 1. The minimum absolute atomic E-state index is 0.00917. The zero-order valence-corrected chi connectivity index (χ0v) is 17.8. The van der Waals surface area contributed by atoms with Crippen molar-refractivity contribution >= 4 is 29.3 Å². The number of anilines is 1. The van der Waals surface area contributed by atoms with Crippen LogP contribution in [0.25, 0.3) is 0 Å². The van der Waals surface area contributed by atoms with Gasteiger partial charge in [-0.3, -0.25) is 14.5 Å². The Morgan fingerprint density at radius 1 is 0.966 bits per heavy atom. The summed E-state index contributed by atoms with van der Waals surface area (Å²) in [6.07, 6.45) is 0.989. The zero-order chi connectivity index (χ0) is 20.5. The Morgan fingerprint density at radius 2 is 1.66 bits per heavy atom. The van der Waals surface area contributed by atoms with Crippen molar-refractivity contribution in [3.63, 3.8) is 0 Å². The predicted molar refractivity (Wildman–Crippen MR) is 120 cm³/mol. The first-order valence-corrected chi connectivity index (χ1v) is 11.2. The number of hydrogen-bond donors (Lipinski definition) is 1. The highest BCUT2D eigenvalue weighted by Gasteiger charge is 2.22. The second kappa shape index (κ2) is 11.0. The maximum Gasteiger partial charge on any atom is 0.238 e. The molecule has 6 heteroatoms. The number of nitrogens with zero attached hydrogens (tertiary/aromatic N) is 2. The molecule has 0 aromatic heterocycles. The molecule has 0 radical (unpaired) electrons. The van der Waals surface area contributed by atoms with Crippen molar-refractivity contribution in [3.8, 4) is 0 Å². The lowest BCUT2D eigenvalue weighted by Gasteiger charge is -2.34. The highest BCUT2D eigenvalue weighted by molar-refractivity contribution is 7.99. The van der Waals surface area contributed by atoms with Gasteiger partial charge in [-0.1, -0.05) is 48.0 Å². The van der Waals surface area contributed by atoms with E-state index in [1.165, 1.54) is 11.1 Å². The van der Waals surface area contributed by atoms with Gasteiger partial charge in [0.15, 0.2) is 0 Å². The number of thioether (sulfide) groups is 1. The minimum atomic E-state index is -0.00917. The van der Waals surface area contributed by atoms with Crippen LogP contribution in [0, 0.1) is 6.92 Å². The summed E-state index contributed by atoms with van der Waals surface area (Å²) in [5.74, 6) is 1.67. The van der Waals surface area contributed by atoms with Crippen molar-refractivity contribution in [3.05, 3.63) is 65.7 Å². The molecular weight excluding hydrogens is 382 g/mol. The topological polar surface area (TPSA) is 52.7 Å². The Hall–Kier alpha value is -2.31. The van der Waals surface area contributed by atoms with Gasteiger partial charge >= 0.3 is 0 Å². The van der Waals surface area contributed by atoms with Gasteiger partial charge in [-0.15, -0.1) is 0 Å². The van der Waals surface area contributed by atoms with Gasteiger partial charge < -0.3 is 10.2 Å². The smallest absolute Gasteiger partial charge is 0.238 e. The zero-order valence-electron chi connectivity index (χ0n) is 17.0. The van der Waals surface area contributed by atoms with E-state index in [-0.39, 0.29) is 11.8 Å². The molecule has 29 heavy (non-hydrogen) atoms. The highest BCUT2D eigenvalue weighted by atomic mass is 32.2. The van der Waals surface area contributed by atoms with Gasteiger partial charge in [0.1, 0.15) is 0 Å². The predicted octanol–water partition coefficient (Wildman–Crippen LogP) is 3.05. The Kier molecular flexibility index (Phi) is 8.14. The van der Waals surface area contributed by atoms with Gasteiger partial charge in [-0.2, -0.15) is 11.8 Å². The number of benzene rings is 2. The lowest BCUT2D eigenvalue weighted by Crippen LogP contribution is -2.50. The maximum atomic E-state index is 12.4. The van der Waals surface area contributed by atoms with Crippen LogP contribution in [-0.2, 0) is 16.0 Å². The highest BCUT2D eigenvalue weighted by Crippen LogP contribution is 2.11. The van der Waals surface area contributed by atoms with Crippen molar-refractivity contribution in [1.29, 1.82) is 0 Å². The molecule has 1 heterocycles. The molecule has 0 aliphatic carbocycles. The molecule has 2 aromatic carbocycles. The van der Waals surface area contributed by atoms with Gasteiger partial charge in [-0.05, 0) is 36.8 Å². The Labute approximate surface area is 177 Å². The quantitative estimate of drug-likeness (QED) is 0.679. The molecule has 0 spiro atoms. The number of hydrogen-bond acceptors (Lipinski definition) is 4. The Balaban J connectivity index is 1.31. The molecule has 0 atom stereocenters. The van der Waals surface area contributed by atoms with Gasteiger partial charge in [0.2, 0.25) is 11.8 Å². The average molecular weight is 412 g/mol. The summed E-state index contributed by atoms with van der Waals surface area (Å²) in [6, 6.07) is 18.2. The molecule has 5 nitrogen and oxygen atoms in total. The first kappa shape index (κ1) is 21.4. The summed E-state index contributed by atoms with van der Waals surface area (Å²) >= 11 is 1.69. The number of rotatable bonds is 8. The molecular formula is C23H29N3O2S. The molecule has 1 saturated heterocycles. The minimum Gasteiger partial charge on any atom is -0.339 e. The van der Waals surface area contributed by atoms with Crippen LogP contribution in [-0.4, -0.2) is 65.8 Å². The fourth-order valence-electron chi connectivity index (χ4n) is 3.28. The molecule has 0 bridgehead atoms. The Morgan fingerprint density at radius 3 is 2.34 bits per heavy atom. The van der Waals surface area contributed by atoms with Crippen molar-refractivity contribution in [2.24, 2.45) is 0 Å². The van der Waals surface area contributed by atoms with Crippen LogP contribution < -0.4 is 5.32 Å². The monoisotopic (exact) mass is 411 g/mol. The van der Waals surface area contributed by atoms with E-state index in [1.54, 1.807) is 11.8 Å². The van der Waals surface area contributed by atoms with E-state index in [4.69, 9.17) is 0 Å². The van der Waals surface area contributed by atoms with Gasteiger partial charge in [0, 0.05) is 31.9 Å². The molecule has 3 rings (SSSR count). The van der Waals surface area contributed by atoms with Crippen LogP contribution in [0.5, 0.6) is 0 Å². The summed E-state index contributed by atoms with van der Waals surface area (Å²) < 4.78 is 0. The summed E-state index contributed by atoms with van der Waals surface area (Å²) in [7, 11) is 0. The van der Waals surface area contributed by atoms with Crippen LogP contribution >= 0.6 is 11.8 Å². The van der Waals surface area contributed by atoms with E-state index in [2.05, 4.69) is 22.3 Å². The number of aryl methyl sites for hydroxylation is 2. The van der Waals surface area contributed by atoms with Gasteiger partial charge in [0.25, 0.3) is 0 Å². The molecule has 2 amide bonds. The molecule has 1 aliphatic heterocycles. The van der Waals surface area contributed by atoms with Crippen molar-refractivity contribution in [1.82, 2.24) is 9.80 Å². The molecule has 1 fully saturated rings. The lowest BCUT2D eigenvalue weighted by atomic mass is 10.2. The van der Waals surface area contributed by atoms with Crippen LogP contribution in [0.3, 0.4) is 0 Å². The summed E-state index contributed by atoms with van der Waals surface area (Å²) in [5, 5.41) is 2.93. The third-order valence-corrected chi connectivity index (χ3v) is 5.97. The summed E-state index contributed by atoms with van der Waals surface area (Å²) in [4.78, 5) is 28.7. The van der Waals surface area contributed by atoms with E-state index in [9.17, 15) is 9.59 Å². The molecule has 0 unspecified atom stereocenters. The average Bonchev–Trinajstić information content (AvgIpc) is 2.74. The molecule has 0 saturated carbocycles. The number of carbonyl (C=O) groups excluding carboxylic acids is 2. The molecule has 1 N–H and O–H groups in total. The van der Waals surface area contributed by atoms with Crippen LogP contribution in [0.15, 0.2) is 54.6 Å². The summed E-state index contributed by atoms with van der Waals surface area (Å²) in [6.45, 7) is 5.24. The van der Waals surface area contributed by atoms with Crippen molar-refractivity contribution in [2.45, 2.75) is 13.3 Å². The number of amides is 2. The van der Waals surface area contributed by atoms with Gasteiger partial charge in [0.05, 0.1) is 12.3 Å². The van der Waals surface area contributed by atoms with E-state index in [1.807, 2.05) is 54.3 Å². The van der Waals surface area contributed by atoms with E-state index < -0.39 is 0 Å². The largest absolute Gasteiger partial charge is 0.339 e. The van der Waals surface area contributed by atoms with E-state index >= 15 is 0 Å². The number of carbonyl (C=O) groups is 2. The van der Waals surface area contributed by atoms with Crippen molar-refractivity contribution < 1.29 is 9.59 Å². The third-order valence-electron chi connectivity index (χ3n) is 5.03. The fourth-order valence-corrected chi connectivity index (χ4v) is 4.16. The van der Waals surface area contributed by atoms with Crippen LogP contribution in [0.1, 0.15) is 11.1 Å². The molecule has 154 valence electrons. The van der Waals surface area contributed by atoms with E-state index in [0.717, 1.165) is 31.0 Å². The third kappa shape index (κ3) is 7.22. The van der Waals surface area contributed by atoms with E-state index in [0.29, 0.717) is 25.4 Å². The Bertz CT molecular complexity index is 788. The second-order valence-electron chi connectivity index (χ2n) is 7.36. The summed E-state index contributed by atoms with van der Waals surface area (Å²) in [5.41, 5.74) is 3.30. The first-order chi connectivity index (χ1) is 14.1. The second-order valence-corrected chi connectivity index (χ2v) is 8.46. The van der Waals surface area contributed by atoms with Crippen LogP contribution in [0.2, 0.25) is 0 Å². The normalized spacial score (nSPS) is 14.6. The standard InChI is InChI=1S/C23H29N3O2S/c1-19-7-9-21(10-8-19)24-22(27)17-25-12-14-26(15-13-25)23(28)18-29-16-11-20-5-3-2-4-6-20/h2-10H,11-18H2,1H3,(H,24,27). The van der Waals surface area contributed by atoms with Crippen LogP contribution in [0.4, 0.5) is 5.69 Å². The van der Waals surface area contributed by atoms with Crippen molar-refractivity contribution in [2.75, 3.05) is 49.5 Å².